The van der Waals surface area contributed by atoms with Crippen LogP contribution < -0.4 is 30.6 Å². The van der Waals surface area contributed by atoms with E-state index in [1.807, 2.05) is 6.92 Å². The van der Waals surface area contributed by atoms with Crippen LogP contribution in [-0.4, -0.2) is 31.0 Å². The summed E-state index contributed by atoms with van der Waals surface area (Å²) in [5.41, 5.74) is 7.98. The summed E-state index contributed by atoms with van der Waals surface area (Å²) in [5, 5.41) is 15.8. The number of fused-ring (bicyclic) bond motifs is 1. The number of rotatable bonds is 10. The first-order valence-electron chi connectivity index (χ1n) is 12.4. The number of amides is 2. The number of phenols is 1. The maximum absolute atomic E-state index is 12.9. The molecule has 10 heteroatoms. The molecular weight excluding hydrogens is 502 g/mol. The Balaban J connectivity index is 1.40. The van der Waals surface area contributed by atoms with Crippen LogP contribution in [0.3, 0.4) is 0 Å². The van der Waals surface area contributed by atoms with Crippen molar-refractivity contribution in [1.29, 1.82) is 0 Å². The molecule has 0 aromatic heterocycles. The summed E-state index contributed by atoms with van der Waals surface area (Å²) in [6.07, 6.45) is 2.97. The molecule has 0 bridgehead atoms. The molecule has 3 aromatic carbocycles. The second-order valence-electron chi connectivity index (χ2n) is 8.98. The van der Waals surface area contributed by atoms with Gasteiger partial charge in [-0.1, -0.05) is 31.2 Å². The van der Waals surface area contributed by atoms with E-state index in [2.05, 4.69) is 10.6 Å². The van der Waals surface area contributed by atoms with Crippen molar-refractivity contribution < 1.29 is 33.6 Å². The van der Waals surface area contributed by atoms with Gasteiger partial charge in [0.2, 0.25) is 12.7 Å². The number of carbonyl (C=O) groups is 2. The molecule has 4 rings (SSSR count). The van der Waals surface area contributed by atoms with Crippen molar-refractivity contribution in [2.75, 3.05) is 30.3 Å². The highest BCUT2D eigenvalue weighted by Crippen LogP contribution is 2.37. The van der Waals surface area contributed by atoms with Crippen LogP contribution in [0.25, 0.3) is 0 Å². The lowest BCUT2D eigenvalue weighted by Crippen LogP contribution is -2.22. The number of nitrogens with one attached hydrogen (secondary N) is 2. The van der Waals surface area contributed by atoms with Gasteiger partial charge in [-0.15, -0.1) is 0 Å². The first-order chi connectivity index (χ1) is 18.8. The molecular formula is C29H31N3O7. The van der Waals surface area contributed by atoms with Crippen LogP contribution >= 0.6 is 0 Å². The average molecular weight is 534 g/mol. The van der Waals surface area contributed by atoms with Crippen molar-refractivity contribution in [2.45, 2.75) is 25.9 Å². The Morgan fingerprint density at radius 3 is 2.64 bits per heavy atom. The van der Waals surface area contributed by atoms with E-state index >= 15 is 0 Å². The van der Waals surface area contributed by atoms with Crippen LogP contribution in [-0.2, 0) is 9.53 Å². The molecule has 10 nitrogen and oxygen atoms in total. The Morgan fingerprint density at radius 2 is 1.87 bits per heavy atom. The van der Waals surface area contributed by atoms with E-state index in [0.29, 0.717) is 52.7 Å². The van der Waals surface area contributed by atoms with E-state index in [9.17, 15) is 14.7 Å². The first kappa shape index (κ1) is 27.2. The minimum atomic E-state index is -0.692. The fourth-order valence-electron chi connectivity index (χ4n) is 4.12. The van der Waals surface area contributed by atoms with Gasteiger partial charge in [-0.25, -0.2) is 4.79 Å². The van der Waals surface area contributed by atoms with Crippen LogP contribution in [0.5, 0.6) is 23.0 Å². The molecule has 3 aromatic rings. The number of nitrogens with two attached hydrogens (primary N) is 1. The number of para-hydroxylation sites is 2. The number of anilines is 3. The zero-order valence-electron chi connectivity index (χ0n) is 21.7. The topological polar surface area (TPSA) is 141 Å². The maximum Gasteiger partial charge on any atom is 0.412 e. The van der Waals surface area contributed by atoms with Gasteiger partial charge in [-0.3, -0.25) is 10.1 Å². The Labute approximate surface area is 226 Å². The number of phenolic OH excluding ortho intramolecular Hbond substituents is 1. The molecule has 0 saturated heterocycles. The quantitative estimate of drug-likeness (QED) is 0.195. The van der Waals surface area contributed by atoms with E-state index < -0.39 is 12.2 Å². The molecule has 0 spiro atoms. The van der Waals surface area contributed by atoms with E-state index in [-0.39, 0.29) is 24.4 Å². The fourth-order valence-corrected chi connectivity index (χ4v) is 4.12. The predicted octanol–water partition coefficient (Wildman–Crippen LogP) is 5.61. The number of hydrogen-bond donors (Lipinski definition) is 4. The summed E-state index contributed by atoms with van der Waals surface area (Å²) in [4.78, 5) is 25.1. The lowest BCUT2D eigenvalue weighted by Gasteiger charge is -2.25. The summed E-state index contributed by atoms with van der Waals surface area (Å²) in [6, 6.07) is 16.9. The zero-order valence-corrected chi connectivity index (χ0v) is 21.7. The Bertz CT molecular complexity index is 1360. The highest BCUT2D eigenvalue weighted by atomic mass is 16.7. The minimum absolute atomic E-state index is 0.0660. The highest BCUT2D eigenvalue weighted by Gasteiger charge is 2.25. The van der Waals surface area contributed by atoms with Gasteiger partial charge in [0.05, 0.1) is 18.5 Å². The standard InChI is InChI=1S/C29H31N3O7/c1-18(7-3-6-10-27(34)32-22-9-5-4-8-21(22)30)28(19-11-13-24(36-2)23(33)15-19)39-29(35)31-20-12-14-25-26(16-20)38-17-37-25/h4-6,8-16,18,28,33H,3,7,17,30H2,1-2H3,(H,31,35)(H,32,34)/b10-6+/t18-,28+/m1/s1. The van der Waals surface area contributed by atoms with E-state index in [0.717, 1.165) is 0 Å². The highest BCUT2D eigenvalue weighted by molar-refractivity contribution is 6.01. The predicted molar refractivity (Wildman–Crippen MR) is 147 cm³/mol. The van der Waals surface area contributed by atoms with Gasteiger partial charge >= 0.3 is 6.09 Å². The van der Waals surface area contributed by atoms with Crippen LogP contribution in [0.2, 0.25) is 0 Å². The van der Waals surface area contributed by atoms with Gasteiger partial charge in [-0.2, -0.15) is 0 Å². The molecule has 0 radical (unpaired) electrons. The third kappa shape index (κ3) is 7.13. The summed E-state index contributed by atoms with van der Waals surface area (Å²) in [6.45, 7) is 2.05. The molecule has 39 heavy (non-hydrogen) atoms. The summed E-state index contributed by atoms with van der Waals surface area (Å²) >= 11 is 0. The molecule has 2 amide bonds. The van der Waals surface area contributed by atoms with Gasteiger partial charge in [0, 0.05) is 11.8 Å². The van der Waals surface area contributed by atoms with Crippen molar-refractivity contribution >= 4 is 29.1 Å². The van der Waals surface area contributed by atoms with Crippen molar-refractivity contribution in [1.82, 2.24) is 0 Å². The van der Waals surface area contributed by atoms with Gasteiger partial charge in [0.25, 0.3) is 0 Å². The Kier molecular flexibility index (Phi) is 8.78. The van der Waals surface area contributed by atoms with Gasteiger partial charge in [0.15, 0.2) is 23.0 Å². The zero-order chi connectivity index (χ0) is 27.8. The first-order valence-corrected chi connectivity index (χ1v) is 12.4. The Morgan fingerprint density at radius 1 is 1.08 bits per heavy atom. The third-order valence-electron chi connectivity index (χ3n) is 6.18. The van der Waals surface area contributed by atoms with Crippen LogP contribution in [0.1, 0.15) is 31.4 Å². The lowest BCUT2D eigenvalue weighted by molar-refractivity contribution is -0.111. The summed E-state index contributed by atoms with van der Waals surface area (Å²) in [7, 11) is 1.46. The molecule has 0 saturated carbocycles. The van der Waals surface area contributed by atoms with Crippen LogP contribution in [0.4, 0.5) is 21.9 Å². The number of nitrogen functional groups attached to an aromatic ring is 1. The smallest absolute Gasteiger partial charge is 0.412 e. The van der Waals surface area contributed by atoms with Crippen molar-refractivity contribution in [3.63, 3.8) is 0 Å². The minimum Gasteiger partial charge on any atom is -0.504 e. The van der Waals surface area contributed by atoms with E-state index in [4.69, 9.17) is 24.7 Å². The molecule has 2 atom stereocenters. The van der Waals surface area contributed by atoms with Gasteiger partial charge in [-0.05, 0) is 66.8 Å². The molecule has 1 heterocycles. The normalized spacial score (nSPS) is 13.5. The molecule has 0 unspecified atom stereocenters. The maximum atomic E-state index is 12.9. The number of hydrogen-bond acceptors (Lipinski definition) is 8. The summed E-state index contributed by atoms with van der Waals surface area (Å²) in [5.74, 6) is 0.910. The van der Waals surface area contributed by atoms with Crippen molar-refractivity contribution in [3.8, 4) is 23.0 Å². The third-order valence-corrected chi connectivity index (χ3v) is 6.18. The van der Waals surface area contributed by atoms with Crippen LogP contribution in [0, 0.1) is 5.92 Å². The number of carbonyl (C=O) groups excluding carboxylic acids is 2. The monoisotopic (exact) mass is 533 g/mol. The lowest BCUT2D eigenvalue weighted by atomic mass is 9.92. The molecule has 0 fully saturated rings. The van der Waals surface area contributed by atoms with Crippen LogP contribution in [0.15, 0.2) is 72.8 Å². The second-order valence-corrected chi connectivity index (χ2v) is 8.98. The largest absolute Gasteiger partial charge is 0.504 e. The number of ether oxygens (including phenoxy) is 4. The summed E-state index contributed by atoms with van der Waals surface area (Å²) < 4.78 is 21.6. The molecule has 1 aliphatic rings. The number of methoxy groups -OCH3 is 1. The second kappa shape index (κ2) is 12.6. The van der Waals surface area contributed by atoms with Gasteiger partial charge < -0.3 is 35.1 Å². The Hall–Kier alpha value is -4.86. The van der Waals surface area contributed by atoms with E-state index in [1.54, 1.807) is 60.7 Å². The van der Waals surface area contributed by atoms with Crippen molar-refractivity contribution in [2.24, 2.45) is 5.92 Å². The molecule has 5 N–H and O–H groups in total. The van der Waals surface area contributed by atoms with Crippen molar-refractivity contribution in [3.05, 3.63) is 78.4 Å². The molecule has 1 aliphatic heterocycles. The number of aromatic hydroxyl groups is 1. The number of benzene rings is 3. The fraction of sp³-hybridized carbons (Fsp3) is 0.241. The average Bonchev–Trinajstić information content (AvgIpc) is 3.39. The SMILES string of the molecule is COc1ccc([C@@H](OC(=O)Nc2ccc3c(c2)OCO3)[C@H](C)CC/C=C/C(=O)Nc2ccccc2N)cc1O. The number of allylic oxidation sites excluding steroid dienone is 1. The van der Waals surface area contributed by atoms with E-state index in [1.165, 1.54) is 19.3 Å². The molecule has 204 valence electrons. The molecule has 0 aliphatic carbocycles. The van der Waals surface area contributed by atoms with Gasteiger partial charge in [0.1, 0.15) is 6.10 Å².